The number of phenols is 1. The Hall–Kier alpha value is -1.54. The molecule has 0 aliphatic rings. The van der Waals surface area contributed by atoms with Crippen LogP contribution in [0.15, 0.2) is 22.7 Å². The van der Waals surface area contributed by atoms with Gasteiger partial charge in [0, 0.05) is 11.0 Å². The zero-order valence-electron chi connectivity index (χ0n) is 9.48. The van der Waals surface area contributed by atoms with Crippen molar-refractivity contribution in [1.29, 1.82) is 5.26 Å². The summed E-state index contributed by atoms with van der Waals surface area (Å²) in [6, 6.07) is 6.64. The van der Waals surface area contributed by atoms with Gasteiger partial charge in [0.15, 0.2) is 0 Å². The zero-order chi connectivity index (χ0) is 12.8. The van der Waals surface area contributed by atoms with E-state index < -0.39 is 0 Å². The van der Waals surface area contributed by atoms with Crippen LogP contribution in [0.2, 0.25) is 0 Å². The van der Waals surface area contributed by atoms with Crippen molar-refractivity contribution in [2.75, 3.05) is 13.1 Å². The van der Waals surface area contributed by atoms with E-state index in [1.54, 1.807) is 12.1 Å². The van der Waals surface area contributed by atoms with Gasteiger partial charge in [0.1, 0.15) is 12.3 Å². The monoisotopic (exact) mass is 296 g/mol. The molecule has 0 aliphatic carbocycles. The number of benzene rings is 1. The molecule has 1 amide bonds. The summed E-state index contributed by atoms with van der Waals surface area (Å²) < 4.78 is 0.703. The molecule has 5 heteroatoms. The molecular weight excluding hydrogens is 284 g/mol. The Morgan fingerprint density at radius 1 is 1.59 bits per heavy atom. The normalized spacial score (nSPS) is 9.71. The molecule has 1 aromatic rings. The molecule has 0 heterocycles. The number of nitrogens with zero attached hydrogens (tertiary/aromatic N) is 2. The van der Waals surface area contributed by atoms with Crippen LogP contribution in [-0.4, -0.2) is 29.0 Å². The number of carbonyl (C=O) groups excluding carboxylic acids is 1. The minimum Gasteiger partial charge on any atom is -0.507 e. The molecule has 0 spiro atoms. The summed E-state index contributed by atoms with van der Waals surface area (Å²) in [5.41, 5.74) is 0.219. The Morgan fingerprint density at radius 2 is 2.29 bits per heavy atom. The summed E-state index contributed by atoms with van der Waals surface area (Å²) in [7, 11) is 0. The first-order valence-electron chi connectivity index (χ1n) is 5.25. The smallest absolute Gasteiger partial charge is 0.258 e. The minimum atomic E-state index is -0.321. The van der Waals surface area contributed by atoms with E-state index >= 15 is 0 Å². The van der Waals surface area contributed by atoms with E-state index in [1.807, 2.05) is 13.0 Å². The Balaban J connectivity index is 2.97. The molecule has 0 radical (unpaired) electrons. The number of hydrogen-bond acceptors (Lipinski definition) is 3. The van der Waals surface area contributed by atoms with Gasteiger partial charge in [0.05, 0.1) is 11.6 Å². The second kappa shape index (κ2) is 6.26. The van der Waals surface area contributed by atoms with E-state index in [1.165, 1.54) is 11.0 Å². The molecule has 0 saturated carbocycles. The lowest BCUT2D eigenvalue weighted by Gasteiger charge is -2.19. The summed E-state index contributed by atoms with van der Waals surface area (Å²) >= 11 is 3.21. The fraction of sp³-hybridized carbons (Fsp3) is 0.333. The number of amides is 1. The highest BCUT2D eigenvalue weighted by molar-refractivity contribution is 9.10. The third kappa shape index (κ3) is 3.46. The zero-order valence-corrected chi connectivity index (χ0v) is 11.1. The highest BCUT2D eigenvalue weighted by Gasteiger charge is 2.18. The van der Waals surface area contributed by atoms with Crippen molar-refractivity contribution in [1.82, 2.24) is 4.90 Å². The maximum atomic E-state index is 12.1. The van der Waals surface area contributed by atoms with E-state index in [4.69, 9.17) is 5.26 Å². The van der Waals surface area contributed by atoms with Gasteiger partial charge in [0.2, 0.25) is 0 Å². The van der Waals surface area contributed by atoms with Gasteiger partial charge in [-0.3, -0.25) is 4.79 Å². The molecule has 0 fully saturated rings. The van der Waals surface area contributed by atoms with Crippen molar-refractivity contribution >= 4 is 21.8 Å². The van der Waals surface area contributed by atoms with Crippen LogP contribution in [-0.2, 0) is 0 Å². The van der Waals surface area contributed by atoms with Gasteiger partial charge in [-0.2, -0.15) is 5.26 Å². The number of phenolic OH excluding ortho intramolecular Hbond substituents is 1. The van der Waals surface area contributed by atoms with Crippen LogP contribution >= 0.6 is 15.9 Å². The largest absolute Gasteiger partial charge is 0.507 e. The van der Waals surface area contributed by atoms with Crippen molar-refractivity contribution in [3.8, 4) is 11.8 Å². The fourth-order valence-electron chi connectivity index (χ4n) is 1.46. The molecule has 0 bridgehead atoms. The number of hydrogen-bond donors (Lipinski definition) is 1. The summed E-state index contributed by atoms with van der Waals surface area (Å²) in [5, 5.41) is 18.3. The van der Waals surface area contributed by atoms with Crippen LogP contribution in [0.4, 0.5) is 0 Å². The van der Waals surface area contributed by atoms with Crippen molar-refractivity contribution in [2.45, 2.75) is 13.3 Å². The van der Waals surface area contributed by atoms with Crippen LogP contribution in [0.25, 0.3) is 0 Å². The lowest BCUT2D eigenvalue weighted by Crippen LogP contribution is -2.32. The Morgan fingerprint density at radius 3 is 2.82 bits per heavy atom. The first-order valence-corrected chi connectivity index (χ1v) is 6.04. The van der Waals surface area contributed by atoms with Crippen LogP contribution < -0.4 is 0 Å². The number of rotatable bonds is 4. The molecule has 0 aromatic heterocycles. The molecular formula is C12H13BrN2O2. The van der Waals surface area contributed by atoms with Gasteiger partial charge in [-0.1, -0.05) is 22.9 Å². The highest BCUT2D eigenvalue weighted by atomic mass is 79.9. The molecule has 1 aromatic carbocycles. The van der Waals surface area contributed by atoms with E-state index in [2.05, 4.69) is 15.9 Å². The molecule has 1 rings (SSSR count). The average molecular weight is 297 g/mol. The minimum absolute atomic E-state index is 0.0299. The van der Waals surface area contributed by atoms with E-state index in [0.29, 0.717) is 11.0 Å². The maximum absolute atomic E-state index is 12.1. The van der Waals surface area contributed by atoms with Crippen LogP contribution in [0.3, 0.4) is 0 Å². The van der Waals surface area contributed by atoms with Crippen molar-refractivity contribution in [3.05, 3.63) is 28.2 Å². The van der Waals surface area contributed by atoms with Crippen LogP contribution in [0.1, 0.15) is 23.7 Å². The van der Waals surface area contributed by atoms with Crippen molar-refractivity contribution in [3.63, 3.8) is 0 Å². The van der Waals surface area contributed by atoms with Crippen LogP contribution in [0.5, 0.6) is 5.75 Å². The molecule has 0 aliphatic heterocycles. The maximum Gasteiger partial charge on any atom is 0.258 e. The summed E-state index contributed by atoms with van der Waals surface area (Å²) in [5.74, 6) is -0.401. The number of aromatic hydroxyl groups is 1. The Kier molecular flexibility index (Phi) is 4.98. The SMILES string of the molecule is CCCN(CC#N)C(=O)c1ccc(Br)cc1O. The topological polar surface area (TPSA) is 64.3 Å². The van der Waals surface area contributed by atoms with Gasteiger partial charge in [-0.15, -0.1) is 0 Å². The second-order valence-corrected chi connectivity index (χ2v) is 4.46. The molecule has 90 valence electrons. The van der Waals surface area contributed by atoms with Gasteiger partial charge in [-0.25, -0.2) is 0 Å². The summed E-state index contributed by atoms with van der Waals surface area (Å²) in [6.07, 6.45) is 0.769. The predicted molar refractivity (Wildman–Crippen MR) is 67.6 cm³/mol. The number of halogens is 1. The third-order valence-electron chi connectivity index (χ3n) is 2.23. The fourth-order valence-corrected chi connectivity index (χ4v) is 1.81. The Bertz CT molecular complexity index is 454. The molecule has 0 atom stereocenters. The van der Waals surface area contributed by atoms with Crippen molar-refractivity contribution in [2.24, 2.45) is 0 Å². The molecule has 1 N–H and O–H groups in total. The lowest BCUT2D eigenvalue weighted by atomic mass is 10.1. The number of nitriles is 1. The lowest BCUT2D eigenvalue weighted by molar-refractivity contribution is 0.0773. The Labute approximate surface area is 109 Å². The molecule has 17 heavy (non-hydrogen) atoms. The van der Waals surface area contributed by atoms with E-state index in [0.717, 1.165) is 6.42 Å². The second-order valence-electron chi connectivity index (χ2n) is 3.55. The summed E-state index contributed by atoms with van der Waals surface area (Å²) in [4.78, 5) is 13.5. The molecule has 0 saturated heterocycles. The van der Waals surface area contributed by atoms with Gasteiger partial charge >= 0.3 is 0 Å². The highest BCUT2D eigenvalue weighted by Crippen LogP contribution is 2.23. The predicted octanol–water partition coefficient (Wildman–Crippen LogP) is 2.53. The van der Waals surface area contributed by atoms with Gasteiger partial charge < -0.3 is 10.0 Å². The van der Waals surface area contributed by atoms with E-state index in [9.17, 15) is 9.90 Å². The quantitative estimate of drug-likeness (QED) is 0.869. The first-order chi connectivity index (χ1) is 8.10. The van der Waals surface area contributed by atoms with Crippen molar-refractivity contribution < 1.29 is 9.90 Å². The number of carbonyl (C=O) groups is 1. The summed E-state index contributed by atoms with van der Waals surface area (Å²) in [6.45, 7) is 2.46. The molecule has 4 nitrogen and oxygen atoms in total. The van der Waals surface area contributed by atoms with E-state index in [-0.39, 0.29) is 23.8 Å². The standard InChI is InChI=1S/C12H13BrN2O2/c1-2-6-15(7-5-14)12(17)10-4-3-9(13)8-11(10)16/h3-4,8,16H,2,6-7H2,1H3. The third-order valence-corrected chi connectivity index (χ3v) is 2.73. The first kappa shape index (κ1) is 13.5. The van der Waals surface area contributed by atoms with Crippen LogP contribution in [0, 0.1) is 11.3 Å². The van der Waals surface area contributed by atoms with Gasteiger partial charge in [0.25, 0.3) is 5.91 Å². The average Bonchev–Trinajstić information content (AvgIpc) is 2.28. The van der Waals surface area contributed by atoms with Gasteiger partial charge in [-0.05, 0) is 24.6 Å². The molecule has 0 unspecified atom stereocenters.